The van der Waals surface area contributed by atoms with Gasteiger partial charge in [0.05, 0.1) is 17.6 Å². The number of nitro benzene ring substituents is 1. The monoisotopic (exact) mass is 319 g/mol. The van der Waals surface area contributed by atoms with Gasteiger partial charge in [-0.05, 0) is 25.0 Å². The van der Waals surface area contributed by atoms with Crippen LogP contribution in [-0.2, 0) is 9.53 Å². The van der Waals surface area contributed by atoms with Crippen molar-refractivity contribution in [1.82, 2.24) is 10.2 Å². The number of nitro groups is 1. The van der Waals surface area contributed by atoms with Crippen LogP contribution in [0.2, 0.25) is 0 Å². The molecule has 1 aliphatic heterocycles. The molecule has 0 radical (unpaired) electrons. The van der Waals surface area contributed by atoms with Gasteiger partial charge in [0.25, 0.3) is 5.69 Å². The van der Waals surface area contributed by atoms with E-state index in [4.69, 9.17) is 4.74 Å². The quantitative estimate of drug-likeness (QED) is 0.520. The van der Waals surface area contributed by atoms with Crippen molar-refractivity contribution >= 4 is 17.7 Å². The number of esters is 1. The lowest BCUT2D eigenvalue weighted by Crippen LogP contribution is -2.46. The first-order chi connectivity index (χ1) is 10.9. The van der Waals surface area contributed by atoms with Crippen molar-refractivity contribution in [3.63, 3.8) is 0 Å². The van der Waals surface area contributed by atoms with Gasteiger partial charge in [0.2, 0.25) is 0 Å². The van der Waals surface area contributed by atoms with E-state index in [0.717, 1.165) is 0 Å². The summed E-state index contributed by atoms with van der Waals surface area (Å²) in [5.74, 6) is -0.599. The smallest absolute Gasteiger partial charge is 0.355 e. The first kappa shape index (κ1) is 16.5. The lowest BCUT2D eigenvalue weighted by atomic mass is 9.95. The third-order valence-corrected chi connectivity index (χ3v) is 3.60. The van der Waals surface area contributed by atoms with Crippen molar-refractivity contribution < 1.29 is 19.2 Å². The summed E-state index contributed by atoms with van der Waals surface area (Å²) in [6.45, 7) is 3.55. The Labute approximate surface area is 132 Å². The maximum absolute atomic E-state index is 12.1. The summed E-state index contributed by atoms with van der Waals surface area (Å²) >= 11 is 0. The summed E-state index contributed by atoms with van der Waals surface area (Å²) in [5, 5.41) is 13.6. The van der Waals surface area contributed by atoms with Gasteiger partial charge in [-0.1, -0.05) is 12.1 Å². The van der Waals surface area contributed by atoms with Gasteiger partial charge in [0.1, 0.15) is 5.70 Å². The zero-order valence-corrected chi connectivity index (χ0v) is 13.0. The van der Waals surface area contributed by atoms with E-state index >= 15 is 0 Å². The Kier molecular flexibility index (Phi) is 4.63. The van der Waals surface area contributed by atoms with Crippen LogP contribution in [0.3, 0.4) is 0 Å². The third-order valence-electron chi connectivity index (χ3n) is 3.60. The SMILES string of the molecule is CCOC(=O)C1=C(C)[C@@H](c2cccc([N+](=O)[O-])c2)NC(=O)N1C. The number of urea groups is 1. The molecule has 8 heteroatoms. The Morgan fingerprint density at radius 3 is 2.78 bits per heavy atom. The lowest BCUT2D eigenvalue weighted by Gasteiger charge is -2.33. The summed E-state index contributed by atoms with van der Waals surface area (Å²) < 4.78 is 4.99. The molecule has 122 valence electrons. The number of hydrogen-bond acceptors (Lipinski definition) is 5. The van der Waals surface area contributed by atoms with Gasteiger partial charge in [-0.2, -0.15) is 0 Å². The molecule has 0 fully saturated rings. The number of hydrogen-bond donors (Lipinski definition) is 1. The average Bonchev–Trinajstić information content (AvgIpc) is 2.51. The van der Waals surface area contributed by atoms with E-state index in [0.29, 0.717) is 11.1 Å². The number of nitrogens with zero attached hydrogens (tertiary/aromatic N) is 2. The van der Waals surface area contributed by atoms with Gasteiger partial charge < -0.3 is 10.1 Å². The molecule has 2 rings (SSSR count). The first-order valence-electron chi connectivity index (χ1n) is 7.03. The van der Waals surface area contributed by atoms with E-state index < -0.39 is 23.0 Å². The second-order valence-electron chi connectivity index (χ2n) is 5.05. The number of amides is 2. The third kappa shape index (κ3) is 3.15. The lowest BCUT2D eigenvalue weighted by molar-refractivity contribution is -0.384. The van der Waals surface area contributed by atoms with Gasteiger partial charge in [0.15, 0.2) is 0 Å². The molecule has 2 amide bonds. The molecule has 0 unspecified atom stereocenters. The number of ether oxygens (including phenoxy) is 1. The van der Waals surface area contributed by atoms with Crippen LogP contribution in [0.15, 0.2) is 35.5 Å². The predicted octanol–water partition coefficient (Wildman–Crippen LogP) is 2.13. The number of rotatable bonds is 4. The van der Waals surface area contributed by atoms with Gasteiger partial charge >= 0.3 is 12.0 Å². The molecule has 8 nitrogen and oxygen atoms in total. The highest BCUT2D eigenvalue weighted by atomic mass is 16.6. The van der Waals surface area contributed by atoms with Crippen LogP contribution < -0.4 is 5.32 Å². The van der Waals surface area contributed by atoms with E-state index in [1.807, 2.05) is 0 Å². The molecule has 1 aromatic carbocycles. The molecule has 0 spiro atoms. The second kappa shape index (κ2) is 6.47. The molecule has 0 aliphatic carbocycles. The van der Waals surface area contributed by atoms with Crippen molar-refractivity contribution in [2.45, 2.75) is 19.9 Å². The molecular weight excluding hydrogens is 302 g/mol. The summed E-state index contributed by atoms with van der Waals surface area (Å²) in [5.41, 5.74) is 1.15. The van der Waals surface area contributed by atoms with Gasteiger partial charge in [-0.25, -0.2) is 9.59 Å². The maximum atomic E-state index is 12.1. The van der Waals surface area contributed by atoms with Crippen LogP contribution in [0, 0.1) is 10.1 Å². The zero-order valence-electron chi connectivity index (χ0n) is 13.0. The van der Waals surface area contributed by atoms with E-state index in [2.05, 4.69) is 5.32 Å². The molecule has 0 bridgehead atoms. The fourth-order valence-corrected chi connectivity index (χ4v) is 2.48. The molecular formula is C15H17N3O5. The van der Waals surface area contributed by atoms with Crippen molar-refractivity contribution in [2.75, 3.05) is 13.7 Å². The average molecular weight is 319 g/mol. The number of likely N-dealkylation sites (N-methyl/N-ethyl adjacent to an activating group) is 1. The minimum atomic E-state index is -0.627. The highest BCUT2D eigenvalue weighted by Crippen LogP contribution is 2.31. The standard InChI is InChI=1S/C15H17N3O5/c1-4-23-14(19)13-9(2)12(16-15(20)17(13)3)10-6-5-7-11(8-10)18(21)22/h5-8,12H,4H2,1-3H3,(H,16,20)/t12-/m0/s1. The van der Waals surface area contributed by atoms with Gasteiger partial charge in [-0.3, -0.25) is 15.0 Å². The number of benzene rings is 1. The molecule has 1 atom stereocenters. The van der Waals surface area contributed by atoms with Gasteiger partial charge in [-0.15, -0.1) is 0 Å². The summed E-state index contributed by atoms with van der Waals surface area (Å²) in [6.07, 6.45) is 0. The Bertz CT molecular complexity index is 698. The van der Waals surface area contributed by atoms with Crippen molar-refractivity contribution in [3.8, 4) is 0 Å². The molecule has 1 N–H and O–H groups in total. The van der Waals surface area contributed by atoms with E-state index in [1.54, 1.807) is 19.9 Å². The van der Waals surface area contributed by atoms with E-state index in [9.17, 15) is 19.7 Å². The molecule has 1 aliphatic rings. The van der Waals surface area contributed by atoms with Gasteiger partial charge in [0, 0.05) is 19.2 Å². The Hall–Kier alpha value is -2.90. The van der Waals surface area contributed by atoms with Crippen molar-refractivity contribution in [1.29, 1.82) is 0 Å². The molecule has 23 heavy (non-hydrogen) atoms. The normalized spacial score (nSPS) is 17.8. The molecule has 0 saturated heterocycles. The van der Waals surface area contributed by atoms with Crippen LogP contribution >= 0.6 is 0 Å². The van der Waals surface area contributed by atoms with Crippen LogP contribution in [0.4, 0.5) is 10.5 Å². The Morgan fingerprint density at radius 2 is 2.17 bits per heavy atom. The summed E-state index contributed by atoms with van der Waals surface area (Å²) in [7, 11) is 1.47. The molecule has 0 saturated carbocycles. The highest BCUT2D eigenvalue weighted by Gasteiger charge is 2.34. The zero-order chi connectivity index (χ0) is 17.1. The minimum Gasteiger partial charge on any atom is -0.461 e. The number of non-ortho nitro benzene ring substituents is 1. The van der Waals surface area contributed by atoms with Crippen LogP contribution in [0.25, 0.3) is 0 Å². The van der Waals surface area contributed by atoms with E-state index in [1.165, 1.54) is 30.1 Å². The van der Waals surface area contributed by atoms with Crippen molar-refractivity contribution in [2.24, 2.45) is 0 Å². The minimum absolute atomic E-state index is 0.0823. The number of carbonyl (C=O) groups is 2. The molecule has 0 aromatic heterocycles. The fraction of sp³-hybridized carbons (Fsp3) is 0.333. The van der Waals surface area contributed by atoms with Crippen molar-refractivity contribution in [3.05, 3.63) is 51.2 Å². The summed E-state index contributed by atoms with van der Waals surface area (Å²) in [4.78, 5) is 35.8. The number of carbonyl (C=O) groups excluding carboxylic acids is 2. The molecule has 1 aromatic rings. The maximum Gasteiger partial charge on any atom is 0.355 e. The number of nitrogens with one attached hydrogen (secondary N) is 1. The van der Waals surface area contributed by atoms with Crippen LogP contribution in [-0.4, -0.2) is 35.5 Å². The van der Waals surface area contributed by atoms with Crippen LogP contribution in [0.5, 0.6) is 0 Å². The largest absolute Gasteiger partial charge is 0.461 e. The predicted molar refractivity (Wildman–Crippen MR) is 81.5 cm³/mol. The highest BCUT2D eigenvalue weighted by molar-refractivity contribution is 5.96. The fourth-order valence-electron chi connectivity index (χ4n) is 2.48. The van der Waals surface area contributed by atoms with E-state index in [-0.39, 0.29) is 18.0 Å². The Balaban J connectivity index is 2.49. The first-order valence-corrected chi connectivity index (χ1v) is 7.03. The Morgan fingerprint density at radius 1 is 1.48 bits per heavy atom. The summed E-state index contributed by atoms with van der Waals surface area (Å²) in [6, 6.07) is 4.84. The topological polar surface area (TPSA) is 102 Å². The van der Waals surface area contributed by atoms with Crippen LogP contribution in [0.1, 0.15) is 25.5 Å². The molecule has 1 heterocycles. The second-order valence-corrected chi connectivity index (χ2v) is 5.05.